The molecule has 0 aliphatic carbocycles. The second-order valence-electron chi connectivity index (χ2n) is 3.97. The molecule has 0 fully saturated rings. The van der Waals surface area contributed by atoms with E-state index in [4.69, 9.17) is 16.0 Å². The minimum Gasteiger partial charge on any atom is -0.405 e. The Hall–Kier alpha value is -2.06. The predicted octanol–water partition coefficient (Wildman–Crippen LogP) is 2.40. The molecule has 18 heavy (non-hydrogen) atoms. The van der Waals surface area contributed by atoms with Crippen LogP contribution in [-0.4, -0.2) is 0 Å². The van der Waals surface area contributed by atoms with Crippen molar-refractivity contribution >= 4 is 28.3 Å². The Balaban J connectivity index is 2.11. The van der Waals surface area contributed by atoms with Gasteiger partial charge in [0.25, 0.3) is 0 Å². The second-order valence-corrected chi connectivity index (χ2v) is 4.41. The number of nitrogens with one attached hydrogen (secondary N) is 1. The van der Waals surface area contributed by atoms with Crippen molar-refractivity contribution in [3.8, 4) is 0 Å². The lowest BCUT2D eigenvalue weighted by atomic mass is 10.2. The van der Waals surface area contributed by atoms with Crippen molar-refractivity contribution in [3.05, 3.63) is 71.2 Å². The van der Waals surface area contributed by atoms with Crippen LogP contribution in [0.5, 0.6) is 0 Å². The first-order valence-corrected chi connectivity index (χ1v) is 6.03. The maximum atomic E-state index is 5.84. The Morgan fingerprint density at radius 1 is 0.833 bits per heavy atom. The SMILES string of the molecule is Clc1ccc([NH+]=c2ccc3ccccc3o2)cc1. The standard InChI is InChI=1S/C15H10ClNO/c16-12-6-8-13(9-7-12)17-15-10-5-11-3-1-2-4-14(11)18-15/h1-10H/p+1. The highest BCUT2D eigenvalue weighted by Crippen LogP contribution is 2.10. The molecule has 0 aliphatic heterocycles. The van der Waals surface area contributed by atoms with Crippen molar-refractivity contribution in [2.75, 3.05) is 0 Å². The summed E-state index contributed by atoms with van der Waals surface area (Å²) in [5.41, 5.74) is 2.51. The van der Waals surface area contributed by atoms with Gasteiger partial charge in [0.05, 0.1) is 6.07 Å². The molecule has 0 amide bonds. The molecule has 0 saturated carbocycles. The first kappa shape index (κ1) is 11.1. The average Bonchev–Trinajstić information content (AvgIpc) is 2.41. The van der Waals surface area contributed by atoms with Crippen LogP contribution < -0.4 is 10.5 Å². The average molecular weight is 257 g/mol. The van der Waals surface area contributed by atoms with Gasteiger partial charge in [0.1, 0.15) is 5.58 Å². The summed E-state index contributed by atoms with van der Waals surface area (Å²) in [6.07, 6.45) is 0. The van der Waals surface area contributed by atoms with Gasteiger partial charge in [-0.2, -0.15) is 4.99 Å². The van der Waals surface area contributed by atoms with Gasteiger partial charge in [-0.3, -0.25) is 0 Å². The third-order valence-electron chi connectivity index (χ3n) is 2.66. The van der Waals surface area contributed by atoms with Gasteiger partial charge in [-0.05, 0) is 24.3 Å². The Morgan fingerprint density at radius 2 is 1.61 bits per heavy atom. The molecule has 3 heteroatoms. The quantitative estimate of drug-likeness (QED) is 0.711. The van der Waals surface area contributed by atoms with Crippen LogP contribution in [0.3, 0.4) is 0 Å². The number of para-hydroxylation sites is 1. The highest BCUT2D eigenvalue weighted by molar-refractivity contribution is 6.30. The molecule has 0 aliphatic rings. The minimum atomic E-state index is 0.705. The van der Waals surface area contributed by atoms with E-state index in [0.717, 1.165) is 21.7 Å². The largest absolute Gasteiger partial charge is 0.405 e. The third kappa shape index (κ3) is 2.29. The smallest absolute Gasteiger partial charge is 0.372 e. The molecule has 0 unspecified atom stereocenters. The summed E-state index contributed by atoms with van der Waals surface area (Å²) in [4.78, 5) is 3.20. The molecule has 3 aromatic rings. The van der Waals surface area contributed by atoms with Crippen LogP contribution in [0.25, 0.3) is 11.0 Å². The van der Waals surface area contributed by atoms with Crippen molar-refractivity contribution < 1.29 is 9.41 Å². The maximum absolute atomic E-state index is 5.84. The summed E-state index contributed by atoms with van der Waals surface area (Å²) in [7, 11) is 0. The fourth-order valence-corrected chi connectivity index (χ4v) is 1.90. The number of benzene rings is 2. The number of hydrogen-bond donors (Lipinski definition) is 1. The normalized spacial score (nSPS) is 11.9. The highest BCUT2D eigenvalue weighted by Gasteiger charge is 1.99. The number of hydrogen-bond acceptors (Lipinski definition) is 1. The Labute approximate surface area is 109 Å². The lowest BCUT2D eigenvalue weighted by Gasteiger charge is -1.93. The summed E-state index contributed by atoms with van der Waals surface area (Å²) < 4.78 is 5.75. The van der Waals surface area contributed by atoms with Gasteiger partial charge in [-0.1, -0.05) is 29.8 Å². The van der Waals surface area contributed by atoms with Gasteiger partial charge in [0, 0.05) is 22.5 Å². The zero-order chi connectivity index (χ0) is 12.4. The first-order chi connectivity index (χ1) is 8.81. The van der Waals surface area contributed by atoms with Crippen molar-refractivity contribution in [1.29, 1.82) is 0 Å². The summed E-state index contributed by atoms with van der Waals surface area (Å²) >= 11 is 5.84. The first-order valence-electron chi connectivity index (χ1n) is 5.66. The Bertz CT molecular complexity index is 744. The number of rotatable bonds is 1. The zero-order valence-electron chi connectivity index (χ0n) is 9.56. The summed E-state index contributed by atoms with van der Waals surface area (Å²) in [5, 5.41) is 1.80. The zero-order valence-corrected chi connectivity index (χ0v) is 10.3. The van der Waals surface area contributed by atoms with Gasteiger partial charge < -0.3 is 4.42 Å². The summed E-state index contributed by atoms with van der Waals surface area (Å²) in [6, 6.07) is 19.3. The van der Waals surface area contributed by atoms with Gasteiger partial charge in [0.2, 0.25) is 5.69 Å². The molecule has 0 bridgehead atoms. The van der Waals surface area contributed by atoms with Crippen molar-refractivity contribution in [2.24, 2.45) is 0 Å². The Morgan fingerprint density at radius 3 is 2.44 bits per heavy atom. The Kier molecular flexibility index (Phi) is 2.87. The molecular weight excluding hydrogens is 246 g/mol. The lowest BCUT2D eigenvalue weighted by molar-refractivity contribution is -0.417. The van der Waals surface area contributed by atoms with E-state index in [-0.39, 0.29) is 0 Å². The highest BCUT2D eigenvalue weighted by atomic mass is 35.5. The summed E-state index contributed by atoms with van der Waals surface area (Å²) in [5.74, 6) is 0. The van der Waals surface area contributed by atoms with Gasteiger partial charge >= 0.3 is 5.55 Å². The number of halogens is 1. The molecule has 1 heterocycles. The molecule has 0 radical (unpaired) electrons. The van der Waals surface area contributed by atoms with E-state index in [1.54, 1.807) is 0 Å². The topological polar surface area (TPSA) is 27.1 Å². The van der Waals surface area contributed by atoms with Crippen LogP contribution in [0, 0.1) is 0 Å². The third-order valence-corrected chi connectivity index (χ3v) is 2.92. The van der Waals surface area contributed by atoms with Gasteiger partial charge in [-0.25, -0.2) is 0 Å². The van der Waals surface area contributed by atoms with Crippen LogP contribution in [0.1, 0.15) is 0 Å². The van der Waals surface area contributed by atoms with E-state index in [1.807, 2.05) is 60.7 Å². The molecule has 88 valence electrons. The van der Waals surface area contributed by atoms with E-state index in [1.165, 1.54) is 0 Å². The van der Waals surface area contributed by atoms with Crippen LogP contribution >= 0.6 is 11.6 Å². The molecular formula is C15H11ClNO+. The van der Waals surface area contributed by atoms with Crippen LogP contribution in [0.2, 0.25) is 5.02 Å². The summed E-state index contributed by atoms with van der Waals surface area (Å²) in [6.45, 7) is 0. The lowest BCUT2D eigenvalue weighted by Crippen LogP contribution is -2.70. The molecule has 2 aromatic carbocycles. The molecule has 1 N–H and O–H groups in total. The number of fused-ring (bicyclic) bond motifs is 1. The molecule has 0 saturated heterocycles. The minimum absolute atomic E-state index is 0.705. The van der Waals surface area contributed by atoms with E-state index in [0.29, 0.717) is 5.55 Å². The van der Waals surface area contributed by atoms with E-state index in [2.05, 4.69) is 4.99 Å². The monoisotopic (exact) mass is 256 g/mol. The van der Waals surface area contributed by atoms with Crippen molar-refractivity contribution in [2.45, 2.75) is 0 Å². The molecule has 0 spiro atoms. The van der Waals surface area contributed by atoms with Gasteiger partial charge in [-0.15, -0.1) is 0 Å². The maximum Gasteiger partial charge on any atom is 0.372 e. The van der Waals surface area contributed by atoms with E-state index >= 15 is 0 Å². The molecule has 2 nitrogen and oxygen atoms in total. The second kappa shape index (κ2) is 4.67. The van der Waals surface area contributed by atoms with Gasteiger partial charge in [0.15, 0.2) is 0 Å². The fraction of sp³-hybridized carbons (Fsp3) is 0. The van der Waals surface area contributed by atoms with E-state index in [9.17, 15) is 0 Å². The van der Waals surface area contributed by atoms with Crippen molar-refractivity contribution in [1.82, 2.24) is 0 Å². The van der Waals surface area contributed by atoms with Crippen LogP contribution in [-0.2, 0) is 0 Å². The molecule has 1 aromatic heterocycles. The predicted molar refractivity (Wildman–Crippen MR) is 71.4 cm³/mol. The van der Waals surface area contributed by atoms with Crippen molar-refractivity contribution in [3.63, 3.8) is 0 Å². The fourth-order valence-electron chi connectivity index (χ4n) is 1.77. The van der Waals surface area contributed by atoms with Crippen LogP contribution in [0.15, 0.2) is 65.1 Å². The van der Waals surface area contributed by atoms with E-state index < -0.39 is 0 Å². The molecule has 0 atom stereocenters. The molecule has 3 rings (SSSR count). The van der Waals surface area contributed by atoms with Crippen LogP contribution in [0.4, 0.5) is 5.69 Å².